The lowest BCUT2D eigenvalue weighted by molar-refractivity contribution is -0.152. The molecule has 5 nitrogen and oxygen atoms in total. The van der Waals surface area contributed by atoms with Gasteiger partial charge in [-0.2, -0.15) is 21.6 Å². The molecule has 0 saturated carbocycles. The standard InChI is InChI=1S/C15H17F3O5S/c1-22-13(10-14(19)12-6-3-2-4-7-12)8-5-9-24(20,21)23-11-15(16,17)18/h2-8,13H,9-11H2,1H3/b8-5-/t13-/m1/s1. The Balaban J connectivity index is 2.55. The molecule has 0 aliphatic carbocycles. The highest BCUT2D eigenvalue weighted by molar-refractivity contribution is 7.86. The van der Waals surface area contributed by atoms with Crippen LogP contribution in [0.1, 0.15) is 16.8 Å². The van der Waals surface area contributed by atoms with Gasteiger partial charge in [0.15, 0.2) is 12.4 Å². The molecule has 0 radical (unpaired) electrons. The van der Waals surface area contributed by atoms with Crippen LogP contribution in [0.3, 0.4) is 0 Å². The minimum absolute atomic E-state index is 0.0273. The van der Waals surface area contributed by atoms with Crippen molar-refractivity contribution in [2.45, 2.75) is 18.7 Å². The minimum atomic E-state index is -4.73. The predicted molar refractivity (Wildman–Crippen MR) is 81.1 cm³/mol. The number of carbonyl (C=O) groups excluding carboxylic acids is 1. The predicted octanol–water partition coefficient (Wildman–Crippen LogP) is 2.74. The van der Waals surface area contributed by atoms with Crippen LogP contribution in [0.5, 0.6) is 0 Å². The summed E-state index contributed by atoms with van der Waals surface area (Å²) in [4.78, 5) is 12.0. The number of benzene rings is 1. The number of ether oxygens (including phenoxy) is 1. The van der Waals surface area contributed by atoms with Crippen LogP contribution < -0.4 is 0 Å². The van der Waals surface area contributed by atoms with Gasteiger partial charge in [-0.25, -0.2) is 0 Å². The van der Waals surface area contributed by atoms with Crippen molar-refractivity contribution in [2.24, 2.45) is 0 Å². The minimum Gasteiger partial charge on any atom is -0.377 e. The lowest BCUT2D eigenvalue weighted by Gasteiger charge is -2.10. The van der Waals surface area contributed by atoms with Gasteiger partial charge in [0.2, 0.25) is 0 Å². The number of carbonyl (C=O) groups is 1. The van der Waals surface area contributed by atoms with Crippen molar-refractivity contribution in [3.8, 4) is 0 Å². The number of rotatable bonds is 9. The van der Waals surface area contributed by atoms with E-state index in [4.69, 9.17) is 4.74 Å². The third kappa shape index (κ3) is 8.23. The number of halogens is 3. The fourth-order valence-electron chi connectivity index (χ4n) is 1.68. The van der Waals surface area contributed by atoms with Gasteiger partial charge in [0.05, 0.1) is 11.9 Å². The van der Waals surface area contributed by atoms with E-state index in [0.29, 0.717) is 5.56 Å². The Kier molecular flexibility index (Phi) is 7.59. The molecule has 1 rings (SSSR count). The number of Topliss-reactive ketones (excluding diaryl/α,β-unsaturated/α-hetero) is 1. The Morgan fingerprint density at radius 2 is 1.88 bits per heavy atom. The summed E-state index contributed by atoms with van der Waals surface area (Å²) in [5.74, 6) is -0.953. The first kappa shape index (κ1) is 20.3. The summed E-state index contributed by atoms with van der Waals surface area (Å²) in [7, 11) is -3.01. The molecule has 0 spiro atoms. The van der Waals surface area contributed by atoms with Gasteiger partial charge >= 0.3 is 6.18 Å². The Morgan fingerprint density at radius 1 is 1.25 bits per heavy atom. The molecule has 24 heavy (non-hydrogen) atoms. The number of hydrogen-bond donors (Lipinski definition) is 0. The highest BCUT2D eigenvalue weighted by atomic mass is 32.2. The Hall–Kier alpha value is -1.71. The largest absolute Gasteiger partial charge is 0.413 e. The lowest BCUT2D eigenvalue weighted by atomic mass is 10.1. The van der Waals surface area contributed by atoms with Crippen LogP contribution in [0.4, 0.5) is 13.2 Å². The van der Waals surface area contributed by atoms with Crippen LogP contribution in [0.2, 0.25) is 0 Å². The highest BCUT2D eigenvalue weighted by Crippen LogP contribution is 2.16. The van der Waals surface area contributed by atoms with Crippen molar-refractivity contribution in [3.63, 3.8) is 0 Å². The number of alkyl halides is 3. The van der Waals surface area contributed by atoms with Crippen LogP contribution in [0.15, 0.2) is 42.5 Å². The van der Waals surface area contributed by atoms with Gasteiger partial charge in [-0.1, -0.05) is 42.5 Å². The summed E-state index contributed by atoms with van der Waals surface area (Å²) in [6, 6.07) is 8.43. The van der Waals surface area contributed by atoms with E-state index in [0.717, 1.165) is 6.08 Å². The molecule has 0 N–H and O–H groups in total. The van der Waals surface area contributed by atoms with Crippen LogP contribution in [-0.2, 0) is 19.0 Å². The normalized spacial score (nSPS) is 14.0. The van der Waals surface area contributed by atoms with E-state index in [1.807, 2.05) is 0 Å². The second kappa shape index (κ2) is 8.95. The maximum absolute atomic E-state index is 12.0. The van der Waals surface area contributed by atoms with Crippen LogP contribution in [0.25, 0.3) is 0 Å². The molecular formula is C15H17F3O5S. The van der Waals surface area contributed by atoms with Gasteiger partial charge in [0.1, 0.15) is 0 Å². The zero-order valence-electron chi connectivity index (χ0n) is 12.8. The zero-order valence-corrected chi connectivity index (χ0v) is 13.6. The average molecular weight is 366 g/mol. The molecular weight excluding hydrogens is 349 g/mol. The van der Waals surface area contributed by atoms with Gasteiger partial charge < -0.3 is 4.74 Å². The van der Waals surface area contributed by atoms with E-state index in [9.17, 15) is 26.4 Å². The first-order chi connectivity index (χ1) is 11.1. The van der Waals surface area contributed by atoms with Crippen molar-refractivity contribution in [1.82, 2.24) is 0 Å². The van der Waals surface area contributed by atoms with E-state index < -0.39 is 34.8 Å². The third-order valence-electron chi connectivity index (χ3n) is 2.84. The number of hydrogen-bond acceptors (Lipinski definition) is 5. The van der Waals surface area contributed by atoms with Gasteiger partial charge in [-0.15, -0.1) is 0 Å². The molecule has 0 fully saturated rings. The number of methoxy groups -OCH3 is 1. The SMILES string of the molecule is CO[C@H](/C=C\CS(=O)(=O)OCC(F)(F)F)CC(=O)c1ccccc1. The van der Waals surface area contributed by atoms with Crippen molar-refractivity contribution in [2.75, 3.05) is 19.5 Å². The molecule has 0 unspecified atom stereocenters. The van der Waals surface area contributed by atoms with Crippen LogP contribution >= 0.6 is 0 Å². The lowest BCUT2D eigenvalue weighted by Crippen LogP contribution is -2.21. The van der Waals surface area contributed by atoms with E-state index in [-0.39, 0.29) is 12.2 Å². The summed E-state index contributed by atoms with van der Waals surface area (Å²) in [6.45, 7) is -1.87. The fraction of sp³-hybridized carbons (Fsp3) is 0.400. The van der Waals surface area contributed by atoms with Gasteiger partial charge in [-0.05, 0) is 0 Å². The molecule has 0 bridgehead atoms. The first-order valence-corrected chi connectivity index (χ1v) is 8.42. The molecule has 134 valence electrons. The van der Waals surface area contributed by atoms with Crippen molar-refractivity contribution in [1.29, 1.82) is 0 Å². The molecule has 1 aromatic rings. The van der Waals surface area contributed by atoms with Crippen molar-refractivity contribution in [3.05, 3.63) is 48.0 Å². The van der Waals surface area contributed by atoms with E-state index in [1.54, 1.807) is 30.3 Å². The monoisotopic (exact) mass is 366 g/mol. The number of ketones is 1. The van der Waals surface area contributed by atoms with Gasteiger partial charge in [0.25, 0.3) is 10.1 Å². The quantitative estimate of drug-likeness (QED) is 0.382. The highest BCUT2D eigenvalue weighted by Gasteiger charge is 2.30. The Bertz CT molecular complexity index is 653. The van der Waals surface area contributed by atoms with Crippen LogP contribution in [-0.4, -0.2) is 46.0 Å². The Morgan fingerprint density at radius 3 is 2.42 bits per heavy atom. The van der Waals surface area contributed by atoms with Gasteiger partial charge in [0, 0.05) is 19.1 Å². The van der Waals surface area contributed by atoms with Gasteiger partial charge in [-0.3, -0.25) is 8.98 Å². The fourth-order valence-corrected chi connectivity index (χ4v) is 2.44. The summed E-state index contributed by atoms with van der Waals surface area (Å²) < 4.78 is 67.3. The maximum atomic E-state index is 12.0. The van der Waals surface area contributed by atoms with Crippen molar-refractivity contribution < 1.29 is 35.3 Å². The van der Waals surface area contributed by atoms with Crippen molar-refractivity contribution >= 4 is 15.9 Å². The summed E-state index contributed by atoms with van der Waals surface area (Å²) in [5, 5.41) is 0. The molecule has 1 aromatic carbocycles. The molecule has 0 aromatic heterocycles. The third-order valence-corrected chi connectivity index (χ3v) is 3.92. The molecule has 9 heteroatoms. The second-order valence-corrected chi connectivity index (χ2v) is 6.48. The first-order valence-electron chi connectivity index (χ1n) is 6.84. The molecule has 0 aliphatic rings. The molecule has 0 heterocycles. The molecule has 0 aliphatic heterocycles. The van der Waals surface area contributed by atoms with Crippen LogP contribution in [0, 0.1) is 0 Å². The van der Waals surface area contributed by atoms with E-state index >= 15 is 0 Å². The maximum Gasteiger partial charge on any atom is 0.413 e. The average Bonchev–Trinajstić information content (AvgIpc) is 2.52. The molecule has 1 atom stereocenters. The van der Waals surface area contributed by atoms with E-state index in [1.165, 1.54) is 13.2 Å². The summed E-state index contributed by atoms with van der Waals surface area (Å²) in [6.07, 6.45) is -3.06. The molecule has 0 saturated heterocycles. The molecule has 0 amide bonds. The summed E-state index contributed by atoms with van der Waals surface area (Å²) in [5.41, 5.74) is 0.481. The van der Waals surface area contributed by atoms with E-state index in [2.05, 4.69) is 4.18 Å². The second-order valence-electron chi connectivity index (χ2n) is 4.80. The topological polar surface area (TPSA) is 69.7 Å². The zero-order chi connectivity index (χ0) is 18.2. The smallest absolute Gasteiger partial charge is 0.377 e. The summed E-state index contributed by atoms with van der Waals surface area (Å²) >= 11 is 0. The Labute approximate surface area is 138 Å².